The smallest absolute Gasteiger partial charge is 0.319 e. The summed E-state index contributed by atoms with van der Waals surface area (Å²) in [5, 5.41) is 5.63. The van der Waals surface area contributed by atoms with Crippen LogP contribution in [0, 0.1) is 6.92 Å². The van der Waals surface area contributed by atoms with Gasteiger partial charge >= 0.3 is 6.03 Å². The van der Waals surface area contributed by atoms with Gasteiger partial charge in [-0.05, 0) is 35.7 Å². The van der Waals surface area contributed by atoms with E-state index in [0.29, 0.717) is 18.7 Å². The standard InChI is InChI=1S/C19H23N3O2/c1-14-6-4-5-7-16(14)13-20-19(24)21-17-10-8-15(9-11-17)12-18(23)22(2)3/h4-11H,12-13H2,1-3H3,(H2,20,21,24). The highest BCUT2D eigenvalue weighted by molar-refractivity contribution is 5.89. The predicted octanol–water partition coefficient (Wildman–Crippen LogP) is 2.95. The van der Waals surface area contributed by atoms with Crippen LogP contribution in [0.4, 0.5) is 10.5 Å². The molecule has 2 rings (SSSR count). The van der Waals surface area contributed by atoms with Gasteiger partial charge in [-0.25, -0.2) is 4.79 Å². The van der Waals surface area contributed by atoms with Gasteiger partial charge in [0.2, 0.25) is 5.91 Å². The lowest BCUT2D eigenvalue weighted by molar-refractivity contribution is -0.127. The zero-order chi connectivity index (χ0) is 17.5. The number of hydrogen-bond acceptors (Lipinski definition) is 2. The normalized spacial score (nSPS) is 10.1. The number of likely N-dealkylation sites (N-methyl/N-ethyl adjacent to an activating group) is 1. The molecular weight excluding hydrogens is 302 g/mol. The Morgan fingerprint density at radius 2 is 1.67 bits per heavy atom. The van der Waals surface area contributed by atoms with E-state index in [0.717, 1.165) is 16.7 Å². The van der Waals surface area contributed by atoms with Crippen molar-refractivity contribution in [2.24, 2.45) is 0 Å². The lowest BCUT2D eigenvalue weighted by Gasteiger charge is -2.11. The molecule has 0 aliphatic rings. The van der Waals surface area contributed by atoms with Crippen molar-refractivity contribution in [1.82, 2.24) is 10.2 Å². The molecule has 126 valence electrons. The molecule has 0 aromatic heterocycles. The molecule has 0 bridgehead atoms. The van der Waals surface area contributed by atoms with E-state index < -0.39 is 0 Å². The molecule has 0 atom stereocenters. The first-order chi connectivity index (χ1) is 11.5. The van der Waals surface area contributed by atoms with Gasteiger partial charge in [0, 0.05) is 26.3 Å². The van der Waals surface area contributed by atoms with Crippen molar-refractivity contribution < 1.29 is 9.59 Å². The van der Waals surface area contributed by atoms with Crippen molar-refractivity contribution >= 4 is 17.6 Å². The summed E-state index contributed by atoms with van der Waals surface area (Å²) in [6, 6.07) is 15.0. The molecule has 0 aliphatic carbocycles. The third kappa shape index (κ3) is 5.12. The highest BCUT2D eigenvalue weighted by Gasteiger charge is 2.06. The molecule has 0 aliphatic heterocycles. The lowest BCUT2D eigenvalue weighted by atomic mass is 10.1. The van der Waals surface area contributed by atoms with E-state index in [1.54, 1.807) is 31.1 Å². The first-order valence-corrected chi connectivity index (χ1v) is 7.84. The van der Waals surface area contributed by atoms with Gasteiger partial charge in [-0.15, -0.1) is 0 Å². The quantitative estimate of drug-likeness (QED) is 0.888. The van der Waals surface area contributed by atoms with Crippen molar-refractivity contribution in [2.45, 2.75) is 19.9 Å². The average Bonchev–Trinajstić information content (AvgIpc) is 2.56. The summed E-state index contributed by atoms with van der Waals surface area (Å²) >= 11 is 0. The second-order valence-electron chi connectivity index (χ2n) is 5.90. The first-order valence-electron chi connectivity index (χ1n) is 7.84. The zero-order valence-corrected chi connectivity index (χ0v) is 14.3. The van der Waals surface area contributed by atoms with Crippen LogP contribution in [0.2, 0.25) is 0 Å². The van der Waals surface area contributed by atoms with Gasteiger partial charge in [-0.3, -0.25) is 4.79 Å². The Labute approximate surface area is 142 Å². The number of hydrogen-bond donors (Lipinski definition) is 2. The Kier molecular flexibility index (Phi) is 5.95. The fourth-order valence-corrected chi connectivity index (χ4v) is 2.20. The average molecular weight is 325 g/mol. The Bertz CT molecular complexity index is 709. The monoisotopic (exact) mass is 325 g/mol. The number of benzene rings is 2. The SMILES string of the molecule is Cc1ccccc1CNC(=O)Nc1ccc(CC(=O)N(C)C)cc1. The van der Waals surface area contributed by atoms with E-state index in [9.17, 15) is 9.59 Å². The van der Waals surface area contributed by atoms with E-state index in [1.807, 2.05) is 43.3 Å². The number of carbonyl (C=O) groups excluding carboxylic acids is 2. The molecular formula is C19H23N3O2. The maximum absolute atomic E-state index is 12.0. The van der Waals surface area contributed by atoms with E-state index in [1.165, 1.54) is 0 Å². The maximum Gasteiger partial charge on any atom is 0.319 e. The predicted molar refractivity (Wildman–Crippen MR) is 95.9 cm³/mol. The maximum atomic E-state index is 12.0. The number of anilines is 1. The molecule has 3 amide bonds. The van der Waals surface area contributed by atoms with Crippen LogP contribution >= 0.6 is 0 Å². The number of nitrogens with one attached hydrogen (secondary N) is 2. The van der Waals surface area contributed by atoms with Crippen molar-refractivity contribution in [3.8, 4) is 0 Å². The number of amides is 3. The molecule has 0 radical (unpaired) electrons. The fraction of sp³-hybridized carbons (Fsp3) is 0.263. The third-order valence-electron chi connectivity index (χ3n) is 3.77. The van der Waals surface area contributed by atoms with Crippen LogP contribution < -0.4 is 10.6 Å². The van der Waals surface area contributed by atoms with Crippen LogP contribution in [0.15, 0.2) is 48.5 Å². The Balaban J connectivity index is 1.86. The van der Waals surface area contributed by atoms with Gasteiger partial charge in [0.05, 0.1) is 6.42 Å². The Hall–Kier alpha value is -2.82. The second kappa shape index (κ2) is 8.15. The minimum absolute atomic E-state index is 0.0479. The summed E-state index contributed by atoms with van der Waals surface area (Å²) in [6.07, 6.45) is 0.354. The molecule has 2 aromatic carbocycles. The largest absolute Gasteiger partial charge is 0.349 e. The number of carbonyl (C=O) groups is 2. The van der Waals surface area contributed by atoms with Gasteiger partial charge in [0.15, 0.2) is 0 Å². The van der Waals surface area contributed by atoms with E-state index in [4.69, 9.17) is 0 Å². The number of rotatable bonds is 5. The van der Waals surface area contributed by atoms with Gasteiger partial charge in [0.25, 0.3) is 0 Å². The molecule has 2 N–H and O–H groups in total. The van der Waals surface area contributed by atoms with Crippen LogP contribution in [-0.4, -0.2) is 30.9 Å². The summed E-state index contributed by atoms with van der Waals surface area (Å²) in [7, 11) is 3.47. The number of urea groups is 1. The Morgan fingerprint density at radius 1 is 1.00 bits per heavy atom. The molecule has 5 heteroatoms. The van der Waals surface area contributed by atoms with Crippen molar-refractivity contribution in [1.29, 1.82) is 0 Å². The van der Waals surface area contributed by atoms with Crippen molar-refractivity contribution in [2.75, 3.05) is 19.4 Å². The fourth-order valence-electron chi connectivity index (χ4n) is 2.20. The highest BCUT2D eigenvalue weighted by atomic mass is 16.2. The highest BCUT2D eigenvalue weighted by Crippen LogP contribution is 2.11. The molecule has 0 fully saturated rings. The van der Waals surface area contributed by atoms with Crippen LogP contribution in [0.25, 0.3) is 0 Å². The molecule has 0 saturated carbocycles. The van der Waals surface area contributed by atoms with Gasteiger partial charge in [0.1, 0.15) is 0 Å². The van der Waals surface area contributed by atoms with Gasteiger partial charge in [-0.1, -0.05) is 36.4 Å². The molecule has 0 spiro atoms. The van der Waals surface area contributed by atoms with E-state index in [2.05, 4.69) is 10.6 Å². The molecule has 0 unspecified atom stereocenters. The van der Waals surface area contributed by atoms with E-state index in [-0.39, 0.29) is 11.9 Å². The molecule has 0 saturated heterocycles. The van der Waals surface area contributed by atoms with E-state index >= 15 is 0 Å². The van der Waals surface area contributed by atoms with Crippen LogP contribution in [0.1, 0.15) is 16.7 Å². The van der Waals surface area contributed by atoms with Crippen LogP contribution in [0.5, 0.6) is 0 Å². The molecule has 0 heterocycles. The zero-order valence-electron chi connectivity index (χ0n) is 14.3. The molecule has 24 heavy (non-hydrogen) atoms. The minimum Gasteiger partial charge on any atom is -0.349 e. The van der Waals surface area contributed by atoms with Gasteiger partial charge in [-0.2, -0.15) is 0 Å². The van der Waals surface area contributed by atoms with Gasteiger partial charge < -0.3 is 15.5 Å². The summed E-state index contributed by atoms with van der Waals surface area (Å²) < 4.78 is 0. The van der Waals surface area contributed by atoms with Crippen LogP contribution in [-0.2, 0) is 17.8 Å². The van der Waals surface area contributed by atoms with Crippen molar-refractivity contribution in [3.63, 3.8) is 0 Å². The molecule has 2 aromatic rings. The summed E-state index contributed by atoms with van der Waals surface area (Å²) in [6.45, 7) is 2.50. The first kappa shape index (κ1) is 17.5. The number of nitrogens with zero attached hydrogens (tertiary/aromatic N) is 1. The topological polar surface area (TPSA) is 61.4 Å². The summed E-state index contributed by atoms with van der Waals surface area (Å²) in [4.78, 5) is 25.2. The molecule has 5 nitrogen and oxygen atoms in total. The van der Waals surface area contributed by atoms with Crippen LogP contribution in [0.3, 0.4) is 0 Å². The third-order valence-corrected chi connectivity index (χ3v) is 3.77. The lowest BCUT2D eigenvalue weighted by Crippen LogP contribution is -2.28. The minimum atomic E-state index is -0.254. The van der Waals surface area contributed by atoms with Crippen molar-refractivity contribution in [3.05, 3.63) is 65.2 Å². The second-order valence-corrected chi connectivity index (χ2v) is 5.90. The summed E-state index contributed by atoms with van der Waals surface area (Å²) in [5.74, 6) is 0.0479. The summed E-state index contributed by atoms with van der Waals surface area (Å²) in [5.41, 5.74) is 3.84. The Morgan fingerprint density at radius 3 is 2.29 bits per heavy atom. The number of aryl methyl sites for hydroxylation is 1.